The Morgan fingerprint density at radius 1 is 1.12 bits per heavy atom. The van der Waals surface area contributed by atoms with Gasteiger partial charge in [-0.25, -0.2) is 4.79 Å². The lowest BCUT2D eigenvalue weighted by atomic mass is 9.85. The van der Waals surface area contributed by atoms with Crippen molar-refractivity contribution in [2.45, 2.75) is 90.8 Å². The number of ketones is 1. The van der Waals surface area contributed by atoms with Crippen molar-refractivity contribution >= 4 is 20.1 Å². The molecule has 25 heavy (non-hydrogen) atoms. The van der Waals surface area contributed by atoms with E-state index in [4.69, 9.17) is 9.16 Å². The van der Waals surface area contributed by atoms with Crippen LogP contribution in [0.25, 0.3) is 0 Å². The average Bonchev–Trinajstić information content (AvgIpc) is 2.39. The maximum Gasteiger partial charge on any atom is 0.344 e. The third-order valence-electron chi connectivity index (χ3n) is 4.81. The van der Waals surface area contributed by atoms with Gasteiger partial charge in [0, 0.05) is 5.92 Å². The molecule has 0 heterocycles. The van der Waals surface area contributed by atoms with Crippen molar-refractivity contribution in [1.82, 2.24) is 0 Å². The van der Waals surface area contributed by atoms with Crippen molar-refractivity contribution in [2.75, 3.05) is 0 Å². The Labute approximate surface area is 153 Å². The number of hydrogen-bond acceptors (Lipinski definition) is 5. The Kier molecular flexibility index (Phi) is 7.42. The summed E-state index contributed by atoms with van der Waals surface area (Å²) >= 11 is 0. The van der Waals surface area contributed by atoms with Gasteiger partial charge in [0.25, 0.3) is 0 Å². The molecule has 6 heteroatoms. The Hall–Kier alpha value is -0.983. The highest BCUT2D eigenvalue weighted by Gasteiger charge is 2.54. The second-order valence-corrected chi connectivity index (χ2v) is 13.9. The highest BCUT2D eigenvalue weighted by Crippen LogP contribution is 2.42. The third kappa shape index (κ3) is 5.76. The molecule has 0 saturated heterocycles. The molecule has 5 nitrogen and oxygen atoms in total. The first-order valence-electron chi connectivity index (χ1n) is 8.67. The summed E-state index contributed by atoms with van der Waals surface area (Å²) in [4.78, 5) is 24.8. The number of aliphatic hydroxyl groups is 1. The fourth-order valence-electron chi connectivity index (χ4n) is 2.00. The van der Waals surface area contributed by atoms with Gasteiger partial charge < -0.3 is 14.3 Å². The van der Waals surface area contributed by atoms with E-state index < -0.39 is 37.5 Å². The summed E-state index contributed by atoms with van der Waals surface area (Å²) < 4.78 is 11.8. The SMILES string of the molecule is C=CC(O[Si](C)(C)C(C)(C)C)(C(=O)OC(C)(C)C)C(O)C(C)C(C)=O. The first kappa shape index (κ1) is 24.0. The second kappa shape index (κ2) is 7.72. The summed E-state index contributed by atoms with van der Waals surface area (Å²) in [6.07, 6.45) is -0.0995. The lowest BCUT2D eigenvalue weighted by molar-refractivity contribution is -0.182. The molecule has 1 N–H and O–H groups in total. The van der Waals surface area contributed by atoms with Gasteiger partial charge in [-0.2, -0.15) is 0 Å². The summed E-state index contributed by atoms with van der Waals surface area (Å²) in [5.41, 5.74) is -2.55. The highest BCUT2D eigenvalue weighted by atomic mass is 28.4. The molecular weight excluding hydrogens is 336 g/mol. The number of ether oxygens (including phenoxy) is 1. The summed E-state index contributed by atoms with van der Waals surface area (Å²) in [6.45, 7) is 22.0. The molecule has 3 atom stereocenters. The molecule has 0 amide bonds. The first-order valence-corrected chi connectivity index (χ1v) is 11.6. The van der Waals surface area contributed by atoms with Gasteiger partial charge in [-0.05, 0) is 51.9 Å². The molecule has 0 radical (unpaired) electrons. The molecule has 3 unspecified atom stereocenters. The predicted octanol–water partition coefficient (Wildman–Crippen LogP) is 3.86. The molecular formula is C19H36O5Si. The maximum atomic E-state index is 13.0. The molecule has 0 fully saturated rings. The molecule has 0 aromatic carbocycles. The smallest absolute Gasteiger partial charge is 0.344 e. The van der Waals surface area contributed by atoms with Gasteiger partial charge in [-0.3, -0.25) is 4.79 Å². The summed E-state index contributed by atoms with van der Waals surface area (Å²) in [5, 5.41) is 10.7. The highest BCUT2D eigenvalue weighted by molar-refractivity contribution is 6.74. The minimum absolute atomic E-state index is 0.206. The van der Waals surface area contributed by atoms with Gasteiger partial charge in [0.1, 0.15) is 17.5 Å². The fourth-order valence-corrected chi connectivity index (χ4v) is 3.43. The van der Waals surface area contributed by atoms with Crippen LogP contribution in [0.1, 0.15) is 55.4 Å². The average molecular weight is 373 g/mol. The maximum absolute atomic E-state index is 13.0. The van der Waals surface area contributed by atoms with Crippen LogP contribution < -0.4 is 0 Å². The van der Waals surface area contributed by atoms with Crippen molar-refractivity contribution < 1.29 is 23.9 Å². The van der Waals surface area contributed by atoms with Crippen LogP contribution in [0.3, 0.4) is 0 Å². The van der Waals surface area contributed by atoms with Crippen molar-refractivity contribution in [3.8, 4) is 0 Å². The van der Waals surface area contributed by atoms with E-state index in [1.54, 1.807) is 27.7 Å². The summed E-state index contributed by atoms with van der Waals surface area (Å²) in [5.74, 6) is -1.75. The fraction of sp³-hybridized carbons (Fsp3) is 0.789. The van der Waals surface area contributed by atoms with E-state index in [1.165, 1.54) is 13.0 Å². The Bertz CT molecular complexity index is 513. The number of hydrogen-bond donors (Lipinski definition) is 1. The molecule has 0 saturated carbocycles. The molecule has 0 aliphatic carbocycles. The van der Waals surface area contributed by atoms with E-state index in [0.717, 1.165) is 0 Å². The number of Topliss-reactive ketones (excluding diaryl/α,β-unsaturated/α-hetero) is 1. The van der Waals surface area contributed by atoms with E-state index in [2.05, 4.69) is 6.58 Å². The lowest BCUT2D eigenvalue weighted by Crippen LogP contribution is -2.61. The topological polar surface area (TPSA) is 72.8 Å². The summed E-state index contributed by atoms with van der Waals surface area (Å²) in [7, 11) is -2.49. The molecule has 146 valence electrons. The first-order chi connectivity index (χ1) is 10.9. The van der Waals surface area contributed by atoms with Crippen LogP contribution in [-0.2, 0) is 18.8 Å². The van der Waals surface area contributed by atoms with Crippen LogP contribution in [0.15, 0.2) is 12.7 Å². The molecule has 0 aromatic heterocycles. The Morgan fingerprint density at radius 2 is 1.56 bits per heavy atom. The zero-order chi connectivity index (χ0) is 20.4. The van der Waals surface area contributed by atoms with Crippen LogP contribution >= 0.6 is 0 Å². The zero-order valence-corrected chi connectivity index (χ0v) is 18.5. The van der Waals surface area contributed by atoms with Gasteiger partial charge in [0.2, 0.25) is 5.60 Å². The normalized spacial score (nSPS) is 18.0. The number of carbonyl (C=O) groups is 2. The Balaban J connectivity index is 6.22. The van der Waals surface area contributed by atoms with Gasteiger partial charge in [-0.1, -0.05) is 34.3 Å². The van der Waals surface area contributed by atoms with Gasteiger partial charge >= 0.3 is 5.97 Å². The van der Waals surface area contributed by atoms with E-state index in [9.17, 15) is 14.7 Å². The molecule has 0 aliphatic rings. The van der Waals surface area contributed by atoms with Crippen LogP contribution in [-0.4, -0.2) is 42.5 Å². The number of rotatable bonds is 7. The van der Waals surface area contributed by atoms with E-state index >= 15 is 0 Å². The van der Waals surface area contributed by atoms with Gasteiger partial charge in [0.05, 0.1) is 0 Å². The standard InChI is InChI=1S/C19H36O5Si/c1-12-19(15(21)13(2)14(3)20,16(22)23-17(4,5)6)24-25(10,11)18(7,8)9/h12-13,15,21H,1H2,2-11H3. The molecule has 0 aromatic rings. The van der Waals surface area contributed by atoms with Crippen LogP contribution in [0, 0.1) is 5.92 Å². The lowest BCUT2D eigenvalue weighted by Gasteiger charge is -2.46. The summed E-state index contributed by atoms with van der Waals surface area (Å²) in [6, 6.07) is 0. The molecule has 0 rings (SSSR count). The second-order valence-electron chi connectivity index (χ2n) is 9.21. The molecule has 0 bridgehead atoms. The minimum atomic E-state index is -2.49. The molecule has 0 aliphatic heterocycles. The van der Waals surface area contributed by atoms with Crippen molar-refractivity contribution in [3.05, 3.63) is 12.7 Å². The van der Waals surface area contributed by atoms with Crippen molar-refractivity contribution in [1.29, 1.82) is 0 Å². The van der Waals surface area contributed by atoms with Gasteiger partial charge in [-0.15, -0.1) is 0 Å². The van der Waals surface area contributed by atoms with E-state index in [0.29, 0.717) is 0 Å². The molecule has 0 spiro atoms. The van der Waals surface area contributed by atoms with Crippen LogP contribution in [0.5, 0.6) is 0 Å². The zero-order valence-electron chi connectivity index (χ0n) is 17.5. The Morgan fingerprint density at radius 3 is 1.84 bits per heavy atom. The predicted molar refractivity (Wildman–Crippen MR) is 103 cm³/mol. The van der Waals surface area contributed by atoms with Crippen molar-refractivity contribution in [3.63, 3.8) is 0 Å². The monoisotopic (exact) mass is 372 g/mol. The van der Waals surface area contributed by atoms with Crippen molar-refractivity contribution in [2.24, 2.45) is 5.92 Å². The minimum Gasteiger partial charge on any atom is -0.458 e. The number of aliphatic hydroxyl groups excluding tert-OH is 1. The van der Waals surface area contributed by atoms with Crippen LogP contribution in [0.4, 0.5) is 0 Å². The van der Waals surface area contributed by atoms with Gasteiger partial charge in [0.15, 0.2) is 8.32 Å². The van der Waals surface area contributed by atoms with Crippen LogP contribution in [0.2, 0.25) is 18.1 Å². The van der Waals surface area contributed by atoms with E-state index in [-0.39, 0.29) is 10.8 Å². The number of carbonyl (C=O) groups excluding carboxylic acids is 2. The van der Waals surface area contributed by atoms with E-state index in [1.807, 2.05) is 33.9 Å². The quantitative estimate of drug-likeness (QED) is 0.417. The largest absolute Gasteiger partial charge is 0.458 e. The third-order valence-corrected chi connectivity index (χ3v) is 9.27. The number of esters is 1.